The van der Waals surface area contributed by atoms with E-state index in [0.717, 1.165) is 18.9 Å². The highest BCUT2D eigenvalue weighted by molar-refractivity contribution is 5.92. The Morgan fingerprint density at radius 1 is 1.53 bits per heavy atom. The van der Waals surface area contributed by atoms with Crippen molar-refractivity contribution in [1.82, 2.24) is 14.5 Å². The van der Waals surface area contributed by atoms with Crippen molar-refractivity contribution in [2.75, 3.05) is 13.1 Å². The van der Waals surface area contributed by atoms with Gasteiger partial charge in [0.15, 0.2) is 5.76 Å². The normalized spacial score (nSPS) is 15.9. The Labute approximate surface area is 98.7 Å². The minimum atomic E-state index is -0.0379. The molecule has 1 aliphatic rings. The highest BCUT2D eigenvalue weighted by Gasteiger charge is 2.33. The lowest BCUT2D eigenvalue weighted by Gasteiger charge is -2.39. The minimum absolute atomic E-state index is 0.0379. The van der Waals surface area contributed by atoms with Crippen LogP contribution in [0.4, 0.5) is 0 Å². The number of nitrogens with zero attached hydrogens (tertiary/aromatic N) is 3. The Bertz CT molecular complexity index is 524. The molecule has 0 radical (unpaired) electrons. The molecule has 5 heteroatoms. The molecule has 0 aliphatic carbocycles. The molecule has 0 aromatic carbocycles. The Kier molecular flexibility index (Phi) is 2.24. The van der Waals surface area contributed by atoms with Crippen molar-refractivity contribution in [1.29, 1.82) is 0 Å². The summed E-state index contributed by atoms with van der Waals surface area (Å²) in [6.07, 6.45) is 5.26. The molecule has 17 heavy (non-hydrogen) atoms. The summed E-state index contributed by atoms with van der Waals surface area (Å²) < 4.78 is 7.19. The molecule has 0 spiro atoms. The number of amides is 1. The summed E-state index contributed by atoms with van der Waals surface area (Å²) in [5.74, 6) is 1.36. The van der Waals surface area contributed by atoms with Gasteiger partial charge in [-0.3, -0.25) is 4.79 Å². The van der Waals surface area contributed by atoms with Crippen LogP contribution in [-0.4, -0.2) is 33.4 Å². The van der Waals surface area contributed by atoms with Gasteiger partial charge in [0.05, 0.1) is 12.3 Å². The highest BCUT2D eigenvalue weighted by atomic mass is 16.3. The van der Waals surface area contributed by atoms with Crippen LogP contribution >= 0.6 is 0 Å². The quantitative estimate of drug-likeness (QED) is 0.786. The van der Waals surface area contributed by atoms with Crippen LogP contribution in [0, 0.1) is 6.92 Å². The van der Waals surface area contributed by atoms with Gasteiger partial charge in [-0.1, -0.05) is 0 Å². The maximum atomic E-state index is 11.9. The Balaban J connectivity index is 1.66. The summed E-state index contributed by atoms with van der Waals surface area (Å²) in [6.45, 7) is 3.41. The van der Waals surface area contributed by atoms with Gasteiger partial charge in [0.2, 0.25) is 0 Å². The summed E-state index contributed by atoms with van der Waals surface area (Å²) in [5.41, 5.74) is 0. The lowest BCUT2D eigenvalue weighted by molar-refractivity contribution is 0.0485. The van der Waals surface area contributed by atoms with Crippen molar-refractivity contribution < 1.29 is 9.21 Å². The van der Waals surface area contributed by atoms with Crippen molar-refractivity contribution >= 4 is 5.91 Å². The van der Waals surface area contributed by atoms with E-state index in [0.29, 0.717) is 11.8 Å². The predicted octanol–water partition coefficient (Wildman–Crippen LogP) is 1.48. The smallest absolute Gasteiger partial charge is 0.289 e. The van der Waals surface area contributed by atoms with Crippen molar-refractivity contribution in [3.05, 3.63) is 42.4 Å². The first-order valence-electron chi connectivity index (χ1n) is 5.58. The van der Waals surface area contributed by atoms with Crippen LogP contribution in [0.1, 0.15) is 22.4 Å². The molecule has 0 bridgehead atoms. The van der Waals surface area contributed by atoms with Gasteiger partial charge in [0, 0.05) is 25.5 Å². The minimum Gasteiger partial charge on any atom is -0.459 e. The molecule has 2 aromatic rings. The van der Waals surface area contributed by atoms with E-state index in [4.69, 9.17) is 4.42 Å². The van der Waals surface area contributed by atoms with E-state index >= 15 is 0 Å². The fourth-order valence-corrected chi connectivity index (χ4v) is 2.13. The number of furan rings is 1. The first kappa shape index (κ1) is 10.1. The fourth-order valence-electron chi connectivity index (χ4n) is 2.13. The van der Waals surface area contributed by atoms with Crippen molar-refractivity contribution in [3.8, 4) is 0 Å². The Morgan fingerprint density at radius 2 is 2.35 bits per heavy atom. The zero-order valence-electron chi connectivity index (χ0n) is 9.54. The van der Waals surface area contributed by atoms with E-state index in [2.05, 4.69) is 9.55 Å². The number of likely N-dealkylation sites (tertiary alicyclic amines) is 1. The van der Waals surface area contributed by atoms with E-state index in [1.165, 1.54) is 6.26 Å². The van der Waals surface area contributed by atoms with Gasteiger partial charge in [0.1, 0.15) is 5.82 Å². The van der Waals surface area contributed by atoms with Gasteiger partial charge in [-0.05, 0) is 19.1 Å². The van der Waals surface area contributed by atoms with Crippen LogP contribution in [0.5, 0.6) is 0 Å². The largest absolute Gasteiger partial charge is 0.459 e. The molecule has 1 saturated heterocycles. The number of rotatable bonds is 2. The van der Waals surface area contributed by atoms with Crippen molar-refractivity contribution in [2.24, 2.45) is 0 Å². The number of carbonyl (C=O) groups excluding carboxylic acids is 1. The van der Waals surface area contributed by atoms with E-state index in [1.54, 1.807) is 23.2 Å². The lowest BCUT2D eigenvalue weighted by Crippen LogP contribution is -2.50. The average Bonchev–Trinajstić information content (AvgIpc) is 2.87. The van der Waals surface area contributed by atoms with E-state index < -0.39 is 0 Å². The summed E-state index contributed by atoms with van der Waals surface area (Å²) in [5, 5.41) is 0. The first-order chi connectivity index (χ1) is 8.25. The molecule has 3 heterocycles. The number of hydrogen-bond donors (Lipinski definition) is 0. The molecule has 0 atom stereocenters. The molecule has 0 saturated carbocycles. The number of imidazole rings is 1. The zero-order valence-corrected chi connectivity index (χ0v) is 9.54. The predicted molar refractivity (Wildman–Crippen MR) is 60.6 cm³/mol. The molecule has 1 amide bonds. The van der Waals surface area contributed by atoms with Crippen LogP contribution in [0.2, 0.25) is 0 Å². The number of carbonyl (C=O) groups is 1. The maximum absolute atomic E-state index is 11.9. The fraction of sp³-hybridized carbons (Fsp3) is 0.333. The monoisotopic (exact) mass is 231 g/mol. The average molecular weight is 231 g/mol. The van der Waals surface area contributed by atoms with Crippen LogP contribution in [0.3, 0.4) is 0 Å². The molecular formula is C12H13N3O2. The molecule has 5 nitrogen and oxygen atoms in total. The molecular weight excluding hydrogens is 218 g/mol. The van der Waals surface area contributed by atoms with Crippen molar-refractivity contribution in [3.63, 3.8) is 0 Å². The Morgan fingerprint density at radius 3 is 2.94 bits per heavy atom. The molecule has 0 unspecified atom stereocenters. The molecule has 2 aromatic heterocycles. The first-order valence-corrected chi connectivity index (χ1v) is 5.58. The van der Waals surface area contributed by atoms with Gasteiger partial charge in [-0.25, -0.2) is 4.98 Å². The van der Waals surface area contributed by atoms with Gasteiger partial charge < -0.3 is 13.9 Å². The summed E-state index contributed by atoms with van der Waals surface area (Å²) in [7, 11) is 0. The van der Waals surface area contributed by atoms with Crippen LogP contribution < -0.4 is 0 Å². The summed E-state index contributed by atoms with van der Waals surface area (Å²) in [4.78, 5) is 17.9. The second-order valence-corrected chi connectivity index (χ2v) is 4.22. The van der Waals surface area contributed by atoms with Gasteiger partial charge in [0.25, 0.3) is 5.91 Å². The van der Waals surface area contributed by atoms with E-state index in [-0.39, 0.29) is 5.91 Å². The molecule has 1 fully saturated rings. The van der Waals surface area contributed by atoms with E-state index in [9.17, 15) is 4.79 Å². The molecule has 3 rings (SSSR count). The van der Waals surface area contributed by atoms with Crippen LogP contribution in [0.15, 0.2) is 35.2 Å². The third kappa shape index (κ3) is 1.63. The Hall–Kier alpha value is -2.04. The van der Waals surface area contributed by atoms with Gasteiger partial charge >= 0.3 is 0 Å². The number of aromatic nitrogens is 2. The van der Waals surface area contributed by atoms with Crippen molar-refractivity contribution in [2.45, 2.75) is 13.0 Å². The third-order valence-corrected chi connectivity index (χ3v) is 3.14. The zero-order chi connectivity index (χ0) is 11.8. The van der Waals surface area contributed by atoms with E-state index in [1.807, 2.05) is 13.1 Å². The topological polar surface area (TPSA) is 51.3 Å². The van der Waals surface area contributed by atoms with Crippen LogP contribution in [0.25, 0.3) is 0 Å². The lowest BCUT2D eigenvalue weighted by atomic mass is 10.1. The standard InChI is InChI=1S/C12H13N3O2/c1-9-13-4-5-15(9)10-7-14(8-10)12(16)11-3-2-6-17-11/h2-6,10H,7-8H2,1H3. The number of hydrogen-bond acceptors (Lipinski definition) is 3. The second-order valence-electron chi connectivity index (χ2n) is 4.22. The summed E-state index contributed by atoms with van der Waals surface area (Å²) in [6, 6.07) is 3.76. The molecule has 1 aliphatic heterocycles. The third-order valence-electron chi connectivity index (χ3n) is 3.14. The van der Waals surface area contributed by atoms with Crippen LogP contribution in [-0.2, 0) is 0 Å². The SMILES string of the molecule is Cc1nccn1C1CN(C(=O)c2ccco2)C1. The highest BCUT2D eigenvalue weighted by Crippen LogP contribution is 2.24. The second kappa shape index (κ2) is 3.76. The molecule has 0 N–H and O–H groups in total. The molecule has 88 valence electrons. The summed E-state index contributed by atoms with van der Waals surface area (Å²) >= 11 is 0. The number of aryl methyl sites for hydroxylation is 1. The maximum Gasteiger partial charge on any atom is 0.289 e. The van der Waals surface area contributed by atoms with Gasteiger partial charge in [-0.2, -0.15) is 0 Å². The van der Waals surface area contributed by atoms with Gasteiger partial charge in [-0.15, -0.1) is 0 Å².